The minimum atomic E-state index is -1.17. The first-order valence-electron chi connectivity index (χ1n) is 10.9. The normalized spacial score (nSPS) is 24.9. The molecule has 1 fully saturated rings. The Bertz CT molecular complexity index is 696. The van der Waals surface area contributed by atoms with E-state index in [1.165, 1.54) is 14.0 Å². The summed E-state index contributed by atoms with van der Waals surface area (Å²) in [5.41, 5.74) is 1.74. The van der Waals surface area contributed by atoms with Crippen LogP contribution < -0.4 is 0 Å². The monoisotopic (exact) mass is 436 g/mol. The topological polar surface area (TPSA) is 99.5 Å². The number of carbonyl (C=O) groups excluding carboxylic acids is 2. The van der Waals surface area contributed by atoms with Crippen LogP contribution in [0.2, 0.25) is 0 Å². The Balaban J connectivity index is 2.12. The van der Waals surface area contributed by atoms with Gasteiger partial charge in [0.1, 0.15) is 18.3 Å². The molecule has 2 N–H and O–H groups in total. The van der Waals surface area contributed by atoms with Gasteiger partial charge in [-0.1, -0.05) is 17.7 Å². The summed E-state index contributed by atoms with van der Waals surface area (Å²) in [4.78, 5) is 28.6. The zero-order chi connectivity index (χ0) is 22.8. The highest BCUT2D eigenvalue weighted by Gasteiger charge is 2.29. The number of hydrogen-bond acceptors (Lipinski definition) is 6. The van der Waals surface area contributed by atoms with Crippen LogP contribution >= 0.6 is 0 Å². The van der Waals surface area contributed by atoms with Crippen LogP contribution in [0.1, 0.15) is 42.1 Å². The van der Waals surface area contributed by atoms with Gasteiger partial charge in [-0.25, -0.2) is 0 Å². The van der Waals surface area contributed by atoms with E-state index in [0.717, 1.165) is 18.4 Å². The SMILES string of the molecule is CO[C@H]1CN(C(C)=O)CCCN(C(=O)c2ccc(C)cc2)CCCCOC[C@H](O)[C@@H]1O. The van der Waals surface area contributed by atoms with Gasteiger partial charge in [-0.3, -0.25) is 9.59 Å². The molecular weight excluding hydrogens is 400 g/mol. The number of rotatable bonds is 2. The predicted molar refractivity (Wildman–Crippen MR) is 117 cm³/mol. The molecule has 2 amide bonds. The average Bonchev–Trinajstić information content (AvgIpc) is 2.76. The maximum Gasteiger partial charge on any atom is 0.253 e. The highest BCUT2D eigenvalue weighted by Crippen LogP contribution is 2.12. The van der Waals surface area contributed by atoms with Crippen LogP contribution in [-0.4, -0.2) is 96.6 Å². The van der Waals surface area contributed by atoms with Gasteiger partial charge in [0, 0.05) is 52.4 Å². The summed E-state index contributed by atoms with van der Waals surface area (Å²) in [6.45, 7) is 5.52. The van der Waals surface area contributed by atoms with E-state index in [0.29, 0.717) is 38.2 Å². The van der Waals surface area contributed by atoms with Crippen molar-refractivity contribution in [3.05, 3.63) is 35.4 Å². The lowest BCUT2D eigenvalue weighted by molar-refractivity contribution is -0.136. The summed E-state index contributed by atoms with van der Waals surface area (Å²) in [6, 6.07) is 7.52. The summed E-state index contributed by atoms with van der Waals surface area (Å²) in [6.07, 6.45) is -0.929. The van der Waals surface area contributed by atoms with Crippen molar-refractivity contribution >= 4 is 11.8 Å². The number of aliphatic hydroxyl groups is 2. The van der Waals surface area contributed by atoms with E-state index in [2.05, 4.69) is 0 Å². The number of hydrogen-bond donors (Lipinski definition) is 2. The standard InChI is InChI=1S/C23H36N2O6/c1-17-7-9-19(10-8-17)23(29)24-11-4-5-14-31-16-20(27)22(28)21(30-3)15-25(18(2)26)13-6-12-24/h7-10,20-22,27-28H,4-6,11-16H2,1-3H3/t20-,21-,22-/m0/s1. The molecule has 174 valence electrons. The van der Waals surface area contributed by atoms with Gasteiger partial charge in [0.2, 0.25) is 5.91 Å². The van der Waals surface area contributed by atoms with Crippen molar-refractivity contribution in [3.63, 3.8) is 0 Å². The van der Waals surface area contributed by atoms with Crippen molar-refractivity contribution < 1.29 is 29.3 Å². The highest BCUT2D eigenvalue weighted by molar-refractivity contribution is 5.94. The molecule has 0 unspecified atom stereocenters. The molecular formula is C23H36N2O6. The largest absolute Gasteiger partial charge is 0.388 e. The van der Waals surface area contributed by atoms with Crippen LogP contribution in [0.3, 0.4) is 0 Å². The highest BCUT2D eigenvalue weighted by atomic mass is 16.5. The van der Waals surface area contributed by atoms with Gasteiger partial charge in [-0.15, -0.1) is 0 Å². The molecule has 0 spiro atoms. The third-order valence-electron chi connectivity index (χ3n) is 5.62. The summed E-state index contributed by atoms with van der Waals surface area (Å²) in [7, 11) is 1.44. The van der Waals surface area contributed by atoms with Gasteiger partial charge >= 0.3 is 0 Å². The first-order chi connectivity index (χ1) is 14.8. The van der Waals surface area contributed by atoms with Crippen LogP contribution in [0.4, 0.5) is 0 Å². The third kappa shape index (κ3) is 7.88. The van der Waals surface area contributed by atoms with E-state index in [-0.39, 0.29) is 25.0 Å². The minimum Gasteiger partial charge on any atom is -0.388 e. The molecule has 0 saturated carbocycles. The van der Waals surface area contributed by atoms with Crippen LogP contribution in [0.25, 0.3) is 0 Å². The number of aliphatic hydroxyl groups excluding tert-OH is 2. The lowest BCUT2D eigenvalue weighted by atomic mass is 10.1. The molecule has 0 bridgehead atoms. The molecule has 1 aliphatic heterocycles. The molecule has 1 aromatic carbocycles. The van der Waals surface area contributed by atoms with E-state index in [1.54, 1.807) is 4.90 Å². The van der Waals surface area contributed by atoms with Crippen molar-refractivity contribution in [1.29, 1.82) is 0 Å². The van der Waals surface area contributed by atoms with Crippen LogP contribution in [0, 0.1) is 6.92 Å². The lowest BCUT2D eigenvalue weighted by Crippen LogP contribution is -2.48. The first kappa shape index (κ1) is 25.3. The summed E-state index contributed by atoms with van der Waals surface area (Å²) >= 11 is 0. The molecule has 0 radical (unpaired) electrons. The number of aryl methyl sites for hydroxylation is 1. The van der Waals surface area contributed by atoms with Crippen molar-refractivity contribution in [3.8, 4) is 0 Å². The third-order valence-corrected chi connectivity index (χ3v) is 5.62. The van der Waals surface area contributed by atoms with Crippen molar-refractivity contribution in [2.24, 2.45) is 0 Å². The molecule has 2 rings (SSSR count). The van der Waals surface area contributed by atoms with E-state index >= 15 is 0 Å². The van der Waals surface area contributed by atoms with Crippen molar-refractivity contribution in [2.75, 3.05) is 46.5 Å². The number of amides is 2. The number of carbonyl (C=O) groups is 2. The number of methoxy groups -OCH3 is 1. The van der Waals surface area contributed by atoms with Crippen LogP contribution in [0.15, 0.2) is 24.3 Å². The number of nitrogens with zero attached hydrogens (tertiary/aromatic N) is 2. The Labute approximate surface area is 184 Å². The molecule has 0 aromatic heterocycles. The number of ether oxygens (including phenoxy) is 2. The lowest BCUT2D eigenvalue weighted by Gasteiger charge is -2.31. The fourth-order valence-corrected chi connectivity index (χ4v) is 3.62. The van der Waals surface area contributed by atoms with E-state index in [9.17, 15) is 19.8 Å². The molecule has 8 heteroatoms. The molecule has 8 nitrogen and oxygen atoms in total. The molecule has 31 heavy (non-hydrogen) atoms. The molecule has 1 heterocycles. The van der Waals surface area contributed by atoms with Crippen LogP contribution in [-0.2, 0) is 14.3 Å². The van der Waals surface area contributed by atoms with Gasteiger partial charge in [0.05, 0.1) is 6.61 Å². The maximum atomic E-state index is 13.0. The van der Waals surface area contributed by atoms with E-state index < -0.39 is 18.3 Å². The Morgan fingerprint density at radius 3 is 2.32 bits per heavy atom. The maximum absolute atomic E-state index is 13.0. The quantitative estimate of drug-likeness (QED) is 0.723. The van der Waals surface area contributed by atoms with Crippen molar-refractivity contribution in [2.45, 2.75) is 51.4 Å². The second-order valence-electron chi connectivity index (χ2n) is 8.09. The fraction of sp³-hybridized carbons (Fsp3) is 0.652. The molecule has 1 aromatic rings. The average molecular weight is 437 g/mol. The Hall–Kier alpha value is -2.00. The zero-order valence-corrected chi connectivity index (χ0v) is 18.8. The van der Waals surface area contributed by atoms with E-state index in [4.69, 9.17) is 9.47 Å². The second kappa shape index (κ2) is 12.8. The van der Waals surface area contributed by atoms with Gasteiger partial charge in [-0.2, -0.15) is 0 Å². The first-order valence-corrected chi connectivity index (χ1v) is 10.9. The van der Waals surface area contributed by atoms with Crippen molar-refractivity contribution in [1.82, 2.24) is 9.80 Å². The van der Waals surface area contributed by atoms with Crippen LogP contribution in [0.5, 0.6) is 0 Å². The second-order valence-corrected chi connectivity index (χ2v) is 8.09. The molecule has 1 aliphatic rings. The predicted octanol–water partition coefficient (Wildman–Crippen LogP) is 1.22. The molecule has 1 saturated heterocycles. The van der Waals surface area contributed by atoms with Gasteiger partial charge in [0.25, 0.3) is 5.91 Å². The minimum absolute atomic E-state index is 0.0207. The number of benzene rings is 1. The Morgan fingerprint density at radius 2 is 1.68 bits per heavy atom. The van der Waals surface area contributed by atoms with Gasteiger partial charge < -0.3 is 29.5 Å². The molecule has 0 aliphatic carbocycles. The van der Waals surface area contributed by atoms with Gasteiger partial charge in [0.15, 0.2) is 0 Å². The fourth-order valence-electron chi connectivity index (χ4n) is 3.62. The Kier molecular flexibility index (Phi) is 10.4. The van der Waals surface area contributed by atoms with Gasteiger partial charge in [-0.05, 0) is 38.3 Å². The van der Waals surface area contributed by atoms with E-state index in [1.807, 2.05) is 36.1 Å². The Morgan fingerprint density at radius 1 is 1.03 bits per heavy atom. The summed E-state index contributed by atoms with van der Waals surface area (Å²) < 4.78 is 10.8. The zero-order valence-electron chi connectivity index (χ0n) is 18.8. The molecule has 3 atom stereocenters. The summed E-state index contributed by atoms with van der Waals surface area (Å²) in [5.74, 6) is -0.180. The smallest absolute Gasteiger partial charge is 0.253 e. The summed E-state index contributed by atoms with van der Waals surface area (Å²) in [5, 5.41) is 20.6.